The van der Waals surface area contributed by atoms with Crippen molar-refractivity contribution in [1.82, 2.24) is 20.4 Å². The number of hydrogen-bond acceptors (Lipinski definition) is 5. The molecular weight excluding hydrogens is 314 g/mol. The summed E-state index contributed by atoms with van der Waals surface area (Å²) in [6, 6.07) is 4.18. The van der Waals surface area contributed by atoms with Crippen LogP contribution in [0.2, 0.25) is 0 Å². The van der Waals surface area contributed by atoms with E-state index in [2.05, 4.69) is 27.3 Å². The van der Waals surface area contributed by atoms with Crippen LogP contribution in [-0.4, -0.2) is 60.3 Å². The summed E-state index contributed by atoms with van der Waals surface area (Å²) in [5, 5.41) is 11.7. The Labute approximate surface area is 151 Å². The summed E-state index contributed by atoms with van der Waals surface area (Å²) in [4.78, 5) is 17.0. The minimum Gasteiger partial charge on any atom is -0.353 e. The van der Waals surface area contributed by atoms with Crippen LogP contribution in [0.1, 0.15) is 39.0 Å². The molecule has 0 aromatic carbocycles. The Morgan fingerprint density at radius 2 is 2.32 bits per heavy atom. The van der Waals surface area contributed by atoms with Gasteiger partial charge in [0.25, 0.3) is 0 Å². The number of nitrogens with zero attached hydrogens (tertiary/aromatic N) is 4. The van der Waals surface area contributed by atoms with E-state index in [1.54, 1.807) is 6.20 Å². The van der Waals surface area contributed by atoms with E-state index >= 15 is 0 Å². The summed E-state index contributed by atoms with van der Waals surface area (Å²) >= 11 is 0. The minimum absolute atomic E-state index is 0.264. The molecular formula is C19H31N5O. The van der Waals surface area contributed by atoms with E-state index in [-0.39, 0.29) is 11.9 Å². The molecule has 1 N–H and O–H groups in total. The van der Waals surface area contributed by atoms with Gasteiger partial charge in [-0.3, -0.25) is 4.79 Å². The molecule has 3 atom stereocenters. The van der Waals surface area contributed by atoms with Crippen LogP contribution in [0.25, 0.3) is 0 Å². The number of aromatic nitrogens is 2. The third-order valence-corrected chi connectivity index (χ3v) is 5.86. The van der Waals surface area contributed by atoms with Crippen LogP contribution in [0.4, 0.5) is 5.82 Å². The second kappa shape index (κ2) is 8.61. The highest BCUT2D eigenvalue weighted by Crippen LogP contribution is 2.25. The van der Waals surface area contributed by atoms with Gasteiger partial charge in [0.05, 0.1) is 0 Å². The van der Waals surface area contributed by atoms with Gasteiger partial charge in [0.2, 0.25) is 5.91 Å². The molecule has 2 aliphatic rings. The van der Waals surface area contributed by atoms with Crippen molar-refractivity contribution < 1.29 is 4.79 Å². The maximum atomic E-state index is 12.8. The molecule has 3 heterocycles. The molecule has 1 aromatic rings. The van der Waals surface area contributed by atoms with E-state index < -0.39 is 0 Å². The van der Waals surface area contributed by atoms with Gasteiger partial charge in [0, 0.05) is 38.8 Å². The molecule has 6 heteroatoms. The molecule has 0 spiro atoms. The number of anilines is 1. The van der Waals surface area contributed by atoms with Gasteiger partial charge >= 0.3 is 0 Å². The molecule has 0 radical (unpaired) electrons. The predicted octanol–water partition coefficient (Wildman–Crippen LogP) is 1.93. The normalized spacial score (nSPS) is 25.4. The van der Waals surface area contributed by atoms with E-state index in [9.17, 15) is 4.79 Å². The zero-order chi connectivity index (χ0) is 17.6. The number of amides is 1. The number of hydrogen-bond donors (Lipinski definition) is 1. The fourth-order valence-electron chi connectivity index (χ4n) is 4.10. The summed E-state index contributed by atoms with van der Waals surface area (Å²) < 4.78 is 0. The molecule has 0 saturated carbocycles. The SMILES string of the molecule is CC(CC(=O)N(C)C1CCCN(c2cccnn2)C1)C1CCCNC1. The summed E-state index contributed by atoms with van der Waals surface area (Å²) in [5.41, 5.74) is 0. The Balaban J connectivity index is 1.54. The second-order valence-corrected chi connectivity index (χ2v) is 7.62. The van der Waals surface area contributed by atoms with E-state index in [0.29, 0.717) is 18.3 Å². The van der Waals surface area contributed by atoms with Crippen LogP contribution in [0.5, 0.6) is 0 Å². The van der Waals surface area contributed by atoms with Crippen LogP contribution in [0, 0.1) is 11.8 Å². The standard InChI is InChI=1S/C19H31N5O/c1-15(16-6-3-9-20-13-16)12-19(25)23(2)17-7-5-11-24(14-17)18-8-4-10-21-22-18/h4,8,10,15-17,20H,3,5-7,9,11-14H2,1-2H3. The molecule has 0 bridgehead atoms. The Morgan fingerprint density at radius 1 is 1.44 bits per heavy atom. The largest absolute Gasteiger partial charge is 0.353 e. The van der Waals surface area contributed by atoms with E-state index in [1.165, 1.54) is 12.8 Å². The summed E-state index contributed by atoms with van der Waals surface area (Å²) in [7, 11) is 1.97. The van der Waals surface area contributed by atoms with Gasteiger partial charge in [-0.2, -0.15) is 5.10 Å². The molecule has 0 aliphatic carbocycles. The summed E-state index contributed by atoms with van der Waals surface area (Å²) in [6.45, 7) is 6.25. The van der Waals surface area contributed by atoms with Crippen LogP contribution in [0.3, 0.4) is 0 Å². The Bertz CT molecular complexity index is 546. The molecule has 25 heavy (non-hydrogen) atoms. The Hall–Kier alpha value is -1.69. The van der Waals surface area contributed by atoms with Crippen molar-refractivity contribution in [3.63, 3.8) is 0 Å². The van der Waals surface area contributed by atoms with Crippen molar-refractivity contribution in [3.05, 3.63) is 18.3 Å². The monoisotopic (exact) mass is 345 g/mol. The van der Waals surface area contributed by atoms with Gasteiger partial charge in [-0.05, 0) is 62.7 Å². The van der Waals surface area contributed by atoms with E-state index in [1.807, 2.05) is 24.1 Å². The predicted molar refractivity (Wildman–Crippen MR) is 99.4 cm³/mol. The first kappa shape index (κ1) is 18.1. The van der Waals surface area contributed by atoms with Crippen molar-refractivity contribution in [1.29, 1.82) is 0 Å². The van der Waals surface area contributed by atoms with Crippen molar-refractivity contribution in [3.8, 4) is 0 Å². The molecule has 1 amide bonds. The second-order valence-electron chi connectivity index (χ2n) is 7.62. The van der Waals surface area contributed by atoms with Crippen LogP contribution >= 0.6 is 0 Å². The lowest BCUT2D eigenvalue weighted by atomic mass is 9.85. The maximum Gasteiger partial charge on any atom is 0.222 e. The van der Waals surface area contributed by atoms with Crippen LogP contribution < -0.4 is 10.2 Å². The maximum absolute atomic E-state index is 12.8. The molecule has 2 fully saturated rings. The van der Waals surface area contributed by atoms with Gasteiger partial charge in [0.1, 0.15) is 0 Å². The Morgan fingerprint density at radius 3 is 3.04 bits per heavy atom. The number of nitrogens with one attached hydrogen (secondary N) is 1. The van der Waals surface area contributed by atoms with E-state index in [0.717, 1.165) is 44.8 Å². The molecule has 3 unspecified atom stereocenters. The lowest BCUT2D eigenvalue weighted by molar-refractivity contribution is -0.133. The highest BCUT2D eigenvalue weighted by atomic mass is 16.2. The first-order valence-corrected chi connectivity index (χ1v) is 9.64. The van der Waals surface area contributed by atoms with Gasteiger partial charge in [-0.1, -0.05) is 6.92 Å². The highest BCUT2D eigenvalue weighted by Gasteiger charge is 2.29. The number of carbonyl (C=O) groups is 1. The molecule has 1 aromatic heterocycles. The lowest BCUT2D eigenvalue weighted by Crippen LogP contribution is -2.49. The first-order chi connectivity index (χ1) is 12.1. The number of carbonyl (C=O) groups excluding carboxylic acids is 1. The van der Waals surface area contributed by atoms with Crippen molar-refractivity contribution >= 4 is 11.7 Å². The average molecular weight is 345 g/mol. The molecule has 2 saturated heterocycles. The molecule has 2 aliphatic heterocycles. The third kappa shape index (κ3) is 4.69. The fraction of sp³-hybridized carbons (Fsp3) is 0.737. The first-order valence-electron chi connectivity index (χ1n) is 9.64. The van der Waals surface area contributed by atoms with Gasteiger partial charge < -0.3 is 15.1 Å². The lowest BCUT2D eigenvalue weighted by Gasteiger charge is -2.38. The van der Waals surface area contributed by atoms with Gasteiger partial charge in [-0.25, -0.2) is 0 Å². The van der Waals surface area contributed by atoms with Crippen LogP contribution in [0.15, 0.2) is 18.3 Å². The average Bonchev–Trinajstić information content (AvgIpc) is 2.68. The zero-order valence-corrected chi connectivity index (χ0v) is 15.5. The number of rotatable bonds is 5. The third-order valence-electron chi connectivity index (χ3n) is 5.86. The molecule has 6 nitrogen and oxygen atoms in total. The topological polar surface area (TPSA) is 61.4 Å². The van der Waals surface area contributed by atoms with Crippen molar-refractivity contribution in [2.45, 2.75) is 45.1 Å². The molecule has 3 rings (SSSR count). The molecule has 138 valence electrons. The highest BCUT2D eigenvalue weighted by molar-refractivity contribution is 5.76. The summed E-state index contributed by atoms with van der Waals surface area (Å²) in [5.74, 6) is 2.27. The smallest absolute Gasteiger partial charge is 0.222 e. The number of piperidine rings is 2. The fourth-order valence-corrected chi connectivity index (χ4v) is 4.10. The minimum atomic E-state index is 0.264. The van der Waals surface area contributed by atoms with Crippen LogP contribution in [-0.2, 0) is 4.79 Å². The van der Waals surface area contributed by atoms with Crippen molar-refractivity contribution in [2.24, 2.45) is 11.8 Å². The van der Waals surface area contributed by atoms with Gasteiger partial charge in [-0.15, -0.1) is 5.10 Å². The number of likely N-dealkylation sites (N-methyl/N-ethyl adjacent to an activating group) is 1. The van der Waals surface area contributed by atoms with Crippen molar-refractivity contribution in [2.75, 3.05) is 38.1 Å². The Kier molecular flexibility index (Phi) is 6.24. The van der Waals surface area contributed by atoms with E-state index in [4.69, 9.17) is 0 Å². The summed E-state index contributed by atoms with van der Waals surface area (Å²) in [6.07, 6.45) is 6.98. The quantitative estimate of drug-likeness (QED) is 0.883. The van der Waals surface area contributed by atoms with Gasteiger partial charge in [0.15, 0.2) is 5.82 Å². The zero-order valence-electron chi connectivity index (χ0n) is 15.5.